The number of aryl methyl sites for hydroxylation is 1. The van der Waals surface area contributed by atoms with Crippen LogP contribution in [0.1, 0.15) is 24.8 Å². The van der Waals surface area contributed by atoms with Gasteiger partial charge in [-0.2, -0.15) is 0 Å². The van der Waals surface area contributed by atoms with Gasteiger partial charge < -0.3 is 0 Å². The molecule has 7 heteroatoms. The van der Waals surface area contributed by atoms with Gasteiger partial charge >= 0.3 is 0 Å². The molecule has 1 atom stereocenters. The highest BCUT2D eigenvalue weighted by molar-refractivity contribution is 7.91. The molecule has 1 aromatic carbocycles. The summed E-state index contributed by atoms with van der Waals surface area (Å²) in [6, 6.07) is 8.58. The molecule has 22 heavy (non-hydrogen) atoms. The Morgan fingerprint density at radius 3 is 2.27 bits per heavy atom. The Morgan fingerprint density at radius 2 is 1.77 bits per heavy atom. The third-order valence-corrected chi connectivity index (χ3v) is 7.57. The summed E-state index contributed by atoms with van der Waals surface area (Å²) in [4.78, 5) is 0.341. The Labute approximate surface area is 133 Å². The highest BCUT2D eigenvalue weighted by Gasteiger charge is 2.35. The lowest BCUT2D eigenvalue weighted by atomic mass is 10.3. The minimum absolute atomic E-state index is 0.341. The molecule has 2 aromatic rings. The quantitative estimate of drug-likeness (QED) is 0.786. The third-order valence-electron chi connectivity index (χ3n) is 3.71. The van der Waals surface area contributed by atoms with Crippen molar-refractivity contribution in [1.29, 1.82) is 0 Å². The van der Waals surface area contributed by atoms with Crippen molar-refractivity contribution in [2.24, 2.45) is 0 Å². The smallest absolute Gasteiger partial charge is 0.186 e. The van der Waals surface area contributed by atoms with Gasteiger partial charge in [0, 0.05) is 6.54 Å². The molecular formula is C15H23N3O2SSi. The van der Waals surface area contributed by atoms with E-state index in [-0.39, 0.29) is 0 Å². The Balaban J connectivity index is 2.59. The Bertz CT molecular complexity index is 749. The fraction of sp³-hybridized carbons (Fsp3) is 0.467. The second-order valence-corrected chi connectivity index (χ2v) is 13.6. The summed E-state index contributed by atoms with van der Waals surface area (Å²) in [5.74, 6) is 0. The first-order chi connectivity index (χ1) is 10.2. The highest BCUT2D eigenvalue weighted by atomic mass is 32.2. The third kappa shape index (κ3) is 3.00. The van der Waals surface area contributed by atoms with E-state index in [4.69, 9.17) is 0 Å². The molecule has 0 N–H and O–H groups in total. The van der Waals surface area contributed by atoms with Gasteiger partial charge in [-0.15, -0.1) is 5.10 Å². The molecule has 120 valence electrons. The van der Waals surface area contributed by atoms with E-state index in [0.717, 1.165) is 11.0 Å². The summed E-state index contributed by atoms with van der Waals surface area (Å²) in [7, 11) is -5.23. The van der Waals surface area contributed by atoms with E-state index in [1.165, 1.54) is 0 Å². The molecule has 1 aromatic heterocycles. The molecule has 0 aliphatic heterocycles. The van der Waals surface area contributed by atoms with E-state index in [2.05, 4.69) is 30.0 Å². The lowest BCUT2D eigenvalue weighted by Gasteiger charge is -2.20. The molecule has 0 aliphatic rings. The normalized spacial score (nSPS) is 14.0. The minimum Gasteiger partial charge on any atom is -0.248 e. The van der Waals surface area contributed by atoms with Crippen molar-refractivity contribution < 1.29 is 8.42 Å². The Morgan fingerprint density at radius 1 is 1.18 bits per heavy atom. The van der Waals surface area contributed by atoms with Crippen LogP contribution in [-0.4, -0.2) is 31.5 Å². The van der Waals surface area contributed by atoms with Gasteiger partial charge in [0.05, 0.1) is 15.9 Å². The predicted octanol–water partition coefficient (Wildman–Crippen LogP) is 2.38. The van der Waals surface area contributed by atoms with Crippen LogP contribution in [0.5, 0.6) is 0 Å². The highest BCUT2D eigenvalue weighted by Crippen LogP contribution is 2.28. The van der Waals surface area contributed by atoms with E-state index in [9.17, 15) is 8.42 Å². The van der Waals surface area contributed by atoms with Gasteiger partial charge in [0.2, 0.25) is 0 Å². The average molecular weight is 338 g/mol. The second-order valence-electron chi connectivity index (χ2n) is 6.39. The van der Waals surface area contributed by atoms with E-state index >= 15 is 0 Å². The van der Waals surface area contributed by atoms with Crippen LogP contribution < -0.4 is 5.32 Å². The number of nitrogens with zero attached hydrogens (tertiary/aromatic N) is 3. The van der Waals surface area contributed by atoms with Crippen LogP contribution in [0.4, 0.5) is 0 Å². The van der Waals surface area contributed by atoms with Crippen molar-refractivity contribution in [3.63, 3.8) is 0 Å². The van der Waals surface area contributed by atoms with Crippen LogP contribution in [0.15, 0.2) is 35.2 Å². The minimum atomic E-state index is -3.46. The molecule has 0 fully saturated rings. The van der Waals surface area contributed by atoms with Gasteiger partial charge in [0.25, 0.3) is 0 Å². The monoisotopic (exact) mass is 337 g/mol. The second kappa shape index (κ2) is 5.96. The maximum Gasteiger partial charge on any atom is 0.186 e. The van der Waals surface area contributed by atoms with Crippen LogP contribution in [-0.2, 0) is 16.4 Å². The maximum absolute atomic E-state index is 12.9. The topological polar surface area (TPSA) is 64.8 Å². The average Bonchev–Trinajstić information content (AvgIpc) is 2.91. The molecule has 0 radical (unpaired) electrons. The largest absolute Gasteiger partial charge is 0.248 e. The van der Waals surface area contributed by atoms with Crippen LogP contribution in [0, 0.1) is 0 Å². The number of hydrogen-bond donors (Lipinski definition) is 0. The van der Waals surface area contributed by atoms with Gasteiger partial charge in [-0.1, -0.05) is 43.1 Å². The SMILES string of the molecule is CCn1nnc([Si](C)(C)C)c1C(C)S(=O)(=O)c1ccccc1. The number of hydrogen-bond acceptors (Lipinski definition) is 4. The van der Waals surface area contributed by atoms with E-state index in [1.54, 1.807) is 35.9 Å². The fourth-order valence-electron chi connectivity index (χ4n) is 2.45. The first kappa shape index (κ1) is 16.9. The van der Waals surface area contributed by atoms with Crippen LogP contribution in [0.3, 0.4) is 0 Å². The maximum atomic E-state index is 12.9. The molecule has 2 rings (SSSR count). The van der Waals surface area contributed by atoms with Crippen molar-refractivity contribution >= 4 is 23.2 Å². The molecule has 0 spiro atoms. The number of aromatic nitrogens is 3. The van der Waals surface area contributed by atoms with Crippen LogP contribution >= 0.6 is 0 Å². The van der Waals surface area contributed by atoms with E-state index in [1.807, 2.05) is 13.0 Å². The number of rotatable bonds is 5. The zero-order chi connectivity index (χ0) is 16.5. The molecular weight excluding hydrogens is 314 g/mol. The Hall–Kier alpha value is -1.47. The Kier molecular flexibility index (Phi) is 4.58. The molecule has 0 bridgehead atoms. The first-order valence-corrected chi connectivity index (χ1v) is 12.5. The van der Waals surface area contributed by atoms with E-state index < -0.39 is 23.2 Å². The molecule has 0 saturated carbocycles. The molecule has 0 saturated heterocycles. The van der Waals surface area contributed by atoms with Crippen molar-refractivity contribution in [3.8, 4) is 0 Å². The standard InChI is InChI=1S/C15H23N3O2SSi/c1-6-18-14(15(16-17-18)22(3,4)5)12(2)21(19,20)13-10-8-7-9-11-13/h7-12H,6H2,1-5H3. The summed E-state index contributed by atoms with van der Waals surface area (Å²) >= 11 is 0. The fourth-order valence-corrected chi connectivity index (χ4v) is 5.49. The van der Waals surface area contributed by atoms with Crippen molar-refractivity contribution in [1.82, 2.24) is 15.0 Å². The summed E-state index contributed by atoms with van der Waals surface area (Å²) in [5.41, 5.74) is 0.741. The van der Waals surface area contributed by atoms with Gasteiger partial charge in [0.1, 0.15) is 13.3 Å². The summed E-state index contributed by atoms with van der Waals surface area (Å²) < 4.78 is 27.6. The molecule has 1 heterocycles. The molecule has 0 aliphatic carbocycles. The summed E-state index contributed by atoms with van der Waals surface area (Å²) in [5, 5.41) is 8.68. The lowest BCUT2D eigenvalue weighted by molar-refractivity contribution is 0.565. The van der Waals surface area contributed by atoms with Crippen LogP contribution in [0.25, 0.3) is 0 Å². The van der Waals surface area contributed by atoms with Crippen molar-refractivity contribution in [2.75, 3.05) is 0 Å². The number of benzene rings is 1. The number of sulfone groups is 1. The summed E-state index contributed by atoms with van der Waals surface area (Å²) in [6.07, 6.45) is 0. The van der Waals surface area contributed by atoms with Gasteiger partial charge in [-0.25, -0.2) is 13.1 Å². The lowest BCUT2D eigenvalue weighted by Crippen LogP contribution is -2.42. The first-order valence-electron chi connectivity index (χ1n) is 7.42. The van der Waals surface area contributed by atoms with Gasteiger partial charge in [0.15, 0.2) is 9.84 Å². The zero-order valence-electron chi connectivity index (χ0n) is 13.7. The van der Waals surface area contributed by atoms with Gasteiger partial charge in [-0.05, 0) is 26.0 Å². The van der Waals surface area contributed by atoms with Crippen molar-refractivity contribution in [2.45, 2.75) is 50.2 Å². The zero-order valence-corrected chi connectivity index (χ0v) is 15.6. The predicted molar refractivity (Wildman–Crippen MR) is 90.7 cm³/mol. The van der Waals surface area contributed by atoms with E-state index in [0.29, 0.717) is 11.4 Å². The summed E-state index contributed by atoms with van der Waals surface area (Å²) in [6.45, 7) is 10.8. The van der Waals surface area contributed by atoms with Crippen molar-refractivity contribution in [3.05, 3.63) is 36.0 Å². The molecule has 0 amide bonds. The molecule has 5 nitrogen and oxygen atoms in total. The molecule has 1 unspecified atom stereocenters. The van der Waals surface area contributed by atoms with Gasteiger partial charge in [-0.3, -0.25) is 0 Å². The van der Waals surface area contributed by atoms with Crippen LogP contribution in [0.2, 0.25) is 19.6 Å².